The minimum Gasteiger partial charge on any atom is -0.478 e. The van der Waals surface area contributed by atoms with Crippen molar-refractivity contribution in [3.05, 3.63) is 40.9 Å². The molecule has 0 radical (unpaired) electrons. The molecular formula is C13H16ClNO3. The zero-order chi connectivity index (χ0) is 13.5. The Kier molecular flexibility index (Phi) is 5.68. The van der Waals surface area contributed by atoms with Crippen molar-refractivity contribution in [1.82, 2.24) is 0 Å². The van der Waals surface area contributed by atoms with Crippen LogP contribution in [0, 0.1) is 0 Å². The zero-order valence-electron chi connectivity index (χ0n) is 10.2. The molecule has 1 rings (SSSR count). The van der Waals surface area contributed by atoms with Gasteiger partial charge in [0.1, 0.15) is 0 Å². The fourth-order valence-corrected chi connectivity index (χ4v) is 1.54. The van der Waals surface area contributed by atoms with Crippen LogP contribution in [0.2, 0.25) is 5.02 Å². The fourth-order valence-electron chi connectivity index (χ4n) is 1.30. The molecule has 0 unspecified atom stereocenters. The lowest BCUT2D eigenvalue weighted by atomic mass is 10.2. The van der Waals surface area contributed by atoms with Gasteiger partial charge in [-0.15, -0.1) is 0 Å². The summed E-state index contributed by atoms with van der Waals surface area (Å²) in [6.07, 6.45) is 0. The Labute approximate surface area is 111 Å². The van der Waals surface area contributed by atoms with E-state index in [9.17, 15) is 4.79 Å². The van der Waals surface area contributed by atoms with Crippen LogP contribution in [0.3, 0.4) is 0 Å². The highest BCUT2D eigenvalue weighted by atomic mass is 35.5. The molecule has 0 bridgehead atoms. The van der Waals surface area contributed by atoms with Gasteiger partial charge in [-0.05, 0) is 25.1 Å². The number of hydrogen-bond acceptors (Lipinski definition) is 3. The second-order valence-electron chi connectivity index (χ2n) is 3.94. The molecule has 18 heavy (non-hydrogen) atoms. The van der Waals surface area contributed by atoms with Crippen molar-refractivity contribution in [2.24, 2.45) is 0 Å². The van der Waals surface area contributed by atoms with E-state index in [0.717, 1.165) is 5.57 Å². The molecule has 0 aliphatic carbocycles. The Bertz CT molecular complexity index is 446. The normalized spacial score (nSPS) is 10.1. The van der Waals surface area contributed by atoms with Gasteiger partial charge in [-0.1, -0.05) is 23.8 Å². The number of rotatable bonds is 7. The van der Waals surface area contributed by atoms with Gasteiger partial charge in [-0.25, -0.2) is 4.79 Å². The number of benzene rings is 1. The molecule has 0 saturated carbocycles. The van der Waals surface area contributed by atoms with Crippen LogP contribution < -0.4 is 5.32 Å². The first-order valence-electron chi connectivity index (χ1n) is 5.49. The van der Waals surface area contributed by atoms with Crippen molar-refractivity contribution < 1.29 is 14.6 Å². The summed E-state index contributed by atoms with van der Waals surface area (Å²) >= 11 is 5.96. The van der Waals surface area contributed by atoms with Crippen molar-refractivity contribution in [1.29, 1.82) is 0 Å². The molecule has 0 aliphatic rings. The van der Waals surface area contributed by atoms with Gasteiger partial charge in [0.05, 0.1) is 29.5 Å². The van der Waals surface area contributed by atoms with Gasteiger partial charge < -0.3 is 15.2 Å². The standard InChI is InChI=1S/C13H16ClNO3/c1-9(2)8-18-6-5-15-12-4-3-10(13(16)17)7-11(12)14/h3-4,7,15H,1,5-6,8H2,2H3,(H,16,17). The first-order chi connectivity index (χ1) is 8.50. The first kappa shape index (κ1) is 14.5. The van der Waals surface area contributed by atoms with E-state index in [0.29, 0.717) is 30.5 Å². The summed E-state index contributed by atoms with van der Waals surface area (Å²) in [4.78, 5) is 10.7. The molecule has 0 aliphatic heterocycles. The van der Waals surface area contributed by atoms with E-state index >= 15 is 0 Å². The smallest absolute Gasteiger partial charge is 0.335 e. The molecule has 0 heterocycles. The number of aromatic carboxylic acids is 1. The van der Waals surface area contributed by atoms with E-state index in [1.165, 1.54) is 12.1 Å². The third-order valence-corrected chi connectivity index (χ3v) is 2.44. The summed E-state index contributed by atoms with van der Waals surface area (Å²) in [5.41, 5.74) is 1.84. The van der Waals surface area contributed by atoms with E-state index in [1.807, 2.05) is 6.92 Å². The molecule has 0 aromatic heterocycles. The molecule has 0 saturated heterocycles. The van der Waals surface area contributed by atoms with Crippen LogP contribution >= 0.6 is 11.6 Å². The Hall–Kier alpha value is -1.52. The number of ether oxygens (including phenoxy) is 1. The fraction of sp³-hybridized carbons (Fsp3) is 0.308. The van der Waals surface area contributed by atoms with Crippen LogP contribution in [-0.2, 0) is 4.74 Å². The summed E-state index contributed by atoms with van der Waals surface area (Å²) in [5, 5.41) is 12.2. The van der Waals surface area contributed by atoms with Gasteiger partial charge in [0.2, 0.25) is 0 Å². The largest absolute Gasteiger partial charge is 0.478 e. The molecule has 0 atom stereocenters. The number of anilines is 1. The molecule has 2 N–H and O–H groups in total. The summed E-state index contributed by atoms with van der Waals surface area (Å²) < 4.78 is 5.32. The van der Waals surface area contributed by atoms with Crippen LogP contribution in [0.4, 0.5) is 5.69 Å². The van der Waals surface area contributed by atoms with Gasteiger partial charge in [0, 0.05) is 6.54 Å². The van der Waals surface area contributed by atoms with Crippen LogP contribution in [0.1, 0.15) is 17.3 Å². The second-order valence-corrected chi connectivity index (χ2v) is 4.34. The topological polar surface area (TPSA) is 58.6 Å². The van der Waals surface area contributed by atoms with Crippen LogP contribution in [0.15, 0.2) is 30.4 Å². The van der Waals surface area contributed by atoms with Crippen LogP contribution in [0.5, 0.6) is 0 Å². The van der Waals surface area contributed by atoms with E-state index in [-0.39, 0.29) is 5.56 Å². The molecule has 0 amide bonds. The van der Waals surface area contributed by atoms with Crippen molar-refractivity contribution in [3.63, 3.8) is 0 Å². The lowest BCUT2D eigenvalue weighted by Gasteiger charge is -2.09. The number of nitrogens with one attached hydrogen (secondary N) is 1. The molecule has 98 valence electrons. The predicted molar refractivity (Wildman–Crippen MR) is 72.5 cm³/mol. The van der Waals surface area contributed by atoms with Crippen molar-refractivity contribution in [2.75, 3.05) is 25.1 Å². The first-order valence-corrected chi connectivity index (χ1v) is 5.87. The van der Waals surface area contributed by atoms with E-state index in [2.05, 4.69) is 11.9 Å². The highest BCUT2D eigenvalue weighted by molar-refractivity contribution is 6.33. The van der Waals surface area contributed by atoms with Gasteiger partial charge in [0.25, 0.3) is 0 Å². The Morgan fingerprint density at radius 3 is 2.83 bits per heavy atom. The molecular weight excluding hydrogens is 254 g/mol. The summed E-state index contributed by atoms with van der Waals surface area (Å²) in [7, 11) is 0. The van der Waals surface area contributed by atoms with Crippen LogP contribution in [-0.4, -0.2) is 30.8 Å². The second kappa shape index (κ2) is 7.03. The maximum absolute atomic E-state index is 10.7. The quantitative estimate of drug-likeness (QED) is 0.590. The summed E-state index contributed by atoms with van der Waals surface area (Å²) in [6, 6.07) is 4.57. The van der Waals surface area contributed by atoms with Gasteiger partial charge in [-0.2, -0.15) is 0 Å². The lowest BCUT2D eigenvalue weighted by Crippen LogP contribution is -2.10. The van der Waals surface area contributed by atoms with Gasteiger partial charge in [0.15, 0.2) is 0 Å². The Morgan fingerprint density at radius 2 is 2.28 bits per heavy atom. The molecule has 1 aromatic rings. The zero-order valence-corrected chi connectivity index (χ0v) is 11.0. The summed E-state index contributed by atoms with van der Waals surface area (Å²) in [6.45, 7) is 7.29. The van der Waals surface area contributed by atoms with Crippen molar-refractivity contribution in [3.8, 4) is 0 Å². The lowest BCUT2D eigenvalue weighted by molar-refractivity contribution is 0.0697. The minimum absolute atomic E-state index is 0.170. The third-order valence-electron chi connectivity index (χ3n) is 2.13. The molecule has 4 nitrogen and oxygen atoms in total. The van der Waals surface area contributed by atoms with Gasteiger partial charge in [-0.3, -0.25) is 0 Å². The Balaban J connectivity index is 2.43. The molecule has 0 spiro atoms. The maximum atomic E-state index is 10.7. The average molecular weight is 270 g/mol. The number of carboxylic acid groups (broad SMARTS) is 1. The van der Waals surface area contributed by atoms with E-state index in [1.54, 1.807) is 6.07 Å². The van der Waals surface area contributed by atoms with E-state index in [4.69, 9.17) is 21.4 Å². The third kappa shape index (κ3) is 4.77. The number of halogens is 1. The monoisotopic (exact) mass is 269 g/mol. The minimum atomic E-state index is -0.992. The van der Waals surface area contributed by atoms with E-state index < -0.39 is 5.97 Å². The van der Waals surface area contributed by atoms with Gasteiger partial charge >= 0.3 is 5.97 Å². The maximum Gasteiger partial charge on any atom is 0.335 e. The molecule has 1 aromatic carbocycles. The van der Waals surface area contributed by atoms with Crippen LogP contribution in [0.25, 0.3) is 0 Å². The number of hydrogen-bond donors (Lipinski definition) is 2. The Morgan fingerprint density at radius 1 is 1.56 bits per heavy atom. The molecule has 5 heteroatoms. The summed E-state index contributed by atoms with van der Waals surface area (Å²) in [5.74, 6) is -0.992. The van der Waals surface area contributed by atoms with Crippen molar-refractivity contribution in [2.45, 2.75) is 6.92 Å². The SMILES string of the molecule is C=C(C)COCCNc1ccc(C(=O)O)cc1Cl. The highest BCUT2D eigenvalue weighted by Gasteiger charge is 2.06. The number of carbonyl (C=O) groups is 1. The predicted octanol–water partition coefficient (Wildman–Crippen LogP) is 3.04. The molecule has 0 fully saturated rings. The number of carboxylic acids is 1. The highest BCUT2D eigenvalue weighted by Crippen LogP contribution is 2.22. The average Bonchev–Trinajstić information content (AvgIpc) is 2.29. The van der Waals surface area contributed by atoms with Crippen molar-refractivity contribution >= 4 is 23.3 Å².